The van der Waals surface area contributed by atoms with E-state index in [0.29, 0.717) is 29.0 Å². The average molecular weight is 348 g/mol. The molecule has 1 unspecified atom stereocenters. The van der Waals surface area contributed by atoms with Crippen LogP contribution in [-0.4, -0.2) is 23.9 Å². The summed E-state index contributed by atoms with van der Waals surface area (Å²) in [5, 5.41) is 0. The summed E-state index contributed by atoms with van der Waals surface area (Å²) < 4.78 is 14.0. The van der Waals surface area contributed by atoms with Crippen LogP contribution in [0, 0.1) is 5.82 Å². The lowest BCUT2D eigenvalue weighted by Gasteiger charge is -2.17. The molecule has 108 valence electrons. The van der Waals surface area contributed by atoms with Crippen molar-refractivity contribution in [1.82, 2.24) is 4.90 Å². The smallest absolute Gasteiger partial charge is 0.255 e. The van der Waals surface area contributed by atoms with Crippen LogP contribution in [0.25, 0.3) is 0 Å². The molecule has 0 radical (unpaired) electrons. The van der Waals surface area contributed by atoms with Crippen molar-refractivity contribution in [1.29, 1.82) is 0 Å². The van der Waals surface area contributed by atoms with Gasteiger partial charge < -0.3 is 4.90 Å². The zero-order chi connectivity index (χ0) is 14.8. The molecule has 1 fully saturated rings. The number of hydrogen-bond donors (Lipinski definition) is 0. The first kappa shape index (κ1) is 14.3. The highest BCUT2D eigenvalue weighted by Crippen LogP contribution is 2.29. The second-order valence-electron chi connectivity index (χ2n) is 5.27. The summed E-state index contributed by atoms with van der Waals surface area (Å²) in [7, 11) is 0. The molecule has 1 atom stereocenters. The topological polar surface area (TPSA) is 20.3 Å². The Hall–Kier alpha value is -1.68. The second-order valence-corrected chi connectivity index (χ2v) is 6.13. The summed E-state index contributed by atoms with van der Waals surface area (Å²) >= 11 is 3.32. The zero-order valence-electron chi connectivity index (χ0n) is 11.4. The van der Waals surface area contributed by atoms with Gasteiger partial charge in [-0.25, -0.2) is 4.39 Å². The number of amides is 1. The lowest BCUT2D eigenvalue weighted by Crippen LogP contribution is -2.28. The molecule has 0 spiro atoms. The highest BCUT2D eigenvalue weighted by atomic mass is 79.9. The molecule has 2 aromatic rings. The Balaban J connectivity index is 1.77. The second kappa shape index (κ2) is 5.98. The molecule has 21 heavy (non-hydrogen) atoms. The van der Waals surface area contributed by atoms with E-state index in [2.05, 4.69) is 28.1 Å². The number of carbonyl (C=O) groups is 1. The lowest BCUT2D eigenvalue weighted by molar-refractivity contribution is 0.0789. The van der Waals surface area contributed by atoms with Gasteiger partial charge in [-0.15, -0.1) is 0 Å². The molecular formula is C17H15BrFNO. The number of likely N-dealkylation sites (tertiary alicyclic amines) is 1. The number of nitrogens with zero attached hydrogens (tertiary/aromatic N) is 1. The third kappa shape index (κ3) is 3.00. The number of benzene rings is 2. The van der Waals surface area contributed by atoms with Crippen LogP contribution in [0.15, 0.2) is 53.0 Å². The van der Waals surface area contributed by atoms with Crippen molar-refractivity contribution in [2.24, 2.45) is 0 Å². The molecule has 4 heteroatoms. The van der Waals surface area contributed by atoms with Crippen molar-refractivity contribution >= 4 is 21.8 Å². The maximum atomic E-state index is 13.3. The van der Waals surface area contributed by atoms with Crippen molar-refractivity contribution in [2.45, 2.75) is 12.3 Å². The van der Waals surface area contributed by atoms with Crippen molar-refractivity contribution in [3.8, 4) is 0 Å². The quantitative estimate of drug-likeness (QED) is 0.796. The van der Waals surface area contributed by atoms with Gasteiger partial charge in [0.05, 0.1) is 5.56 Å². The first-order valence-corrected chi connectivity index (χ1v) is 7.74. The van der Waals surface area contributed by atoms with E-state index in [0.717, 1.165) is 6.42 Å². The molecule has 0 aromatic heterocycles. The van der Waals surface area contributed by atoms with Gasteiger partial charge in [0.25, 0.3) is 5.91 Å². The van der Waals surface area contributed by atoms with Crippen molar-refractivity contribution < 1.29 is 9.18 Å². The van der Waals surface area contributed by atoms with Gasteiger partial charge in [0.15, 0.2) is 0 Å². The van der Waals surface area contributed by atoms with E-state index in [1.807, 2.05) is 18.2 Å². The number of rotatable bonds is 2. The molecule has 1 aliphatic heterocycles. The fourth-order valence-corrected chi connectivity index (χ4v) is 3.19. The maximum Gasteiger partial charge on any atom is 0.255 e. The Morgan fingerprint density at radius 3 is 2.71 bits per heavy atom. The molecule has 1 aliphatic rings. The van der Waals surface area contributed by atoms with Crippen LogP contribution in [0.1, 0.15) is 28.3 Å². The van der Waals surface area contributed by atoms with Gasteiger partial charge in [-0.2, -0.15) is 0 Å². The van der Waals surface area contributed by atoms with Crippen LogP contribution in [0.5, 0.6) is 0 Å². The van der Waals surface area contributed by atoms with Crippen LogP contribution in [0.3, 0.4) is 0 Å². The van der Waals surface area contributed by atoms with E-state index in [9.17, 15) is 9.18 Å². The SMILES string of the molecule is O=C(c1cc(F)ccc1Br)N1CCC(c2ccccc2)C1. The van der Waals surface area contributed by atoms with Crippen LogP contribution in [0.4, 0.5) is 4.39 Å². The Morgan fingerprint density at radius 2 is 1.95 bits per heavy atom. The third-order valence-corrected chi connectivity index (χ3v) is 4.60. The molecule has 0 aliphatic carbocycles. The minimum Gasteiger partial charge on any atom is -0.338 e. The van der Waals surface area contributed by atoms with E-state index in [-0.39, 0.29) is 11.7 Å². The van der Waals surface area contributed by atoms with Crippen molar-refractivity contribution in [3.05, 3.63) is 69.9 Å². The standard InChI is InChI=1S/C17H15BrFNO/c18-16-7-6-14(19)10-15(16)17(21)20-9-8-13(11-20)12-4-2-1-3-5-12/h1-7,10,13H,8-9,11H2. The third-order valence-electron chi connectivity index (χ3n) is 3.91. The van der Waals surface area contributed by atoms with E-state index < -0.39 is 0 Å². The molecule has 3 rings (SSSR count). The molecule has 0 saturated carbocycles. The first-order valence-electron chi connectivity index (χ1n) is 6.94. The largest absolute Gasteiger partial charge is 0.338 e. The number of carbonyl (C=O) groups excluding carboxylic acids is 1. The zero-order valence-corrected chi connectivity index (χ0v) is 13.0. The van der Waals surface area contributed by atoms with Gasteiger partial charge >= 0.3 is 0 Å². The Morgan fingerprint density at radius 1 is 1.19 bits per heavy atom. The van der Waals surface area contributed by atoms with E-state index in [4.69, 9.17) is 0 Å². The van der Waals surface area contributed by atoms with Crippen LogP contribution in [0.2, 0.25) is 0 Å². The van der Waals surface area contributed by atoms with Crippen LogP contribution in [-0.2, 0) is 0 Å². The van der Waals surface area contributed by atoms with Crippen molar-refractivity contribution in [3.63, 3.8) is 0 Å². The van der Waals surface area contributed by atoms with Crippen LogP contribution < -0.4 is 0 Å². The summed E-state index contributed by atoms with van der Waals surface area (Å²) in [6.45, 7) is 1.40. The molecule has 1 amide bonds. The summed E-state index contributed by atoms with van der Waals surface area (Å²) in [6.07, 6.45) is 0.947. The maximum absolute atomic E-state index is 13.3. The molecular weight excluding hydrogens is 333 g/mol. The van der Waals surface area contributed by atoms with Gasteiger partial charge in [-0.3, -0.25) is 4.79 Å². The monoisotopic (exact) mass is 347 g/mol. The van der Waals surface area contributed by atoms with Gasteiger partial charge in [-0.05, 0) is 46.1 Å². The predicted molar refractivity (Wildman–Crippen MR) is 83.8 cm³/mol. The summed E-state index contributed by atoms with van der Waals surface area (Å²) in [6, 6.07) is 14.4. The molecule has 0 bridgehead atoms. The Kier molecular flexibility index (Phi) is 4.06. The van der Waals surface area contributed by atoms with E-state index in [1.54, 1.807) is 11.0 Å². The van der Waals surface area contributed by atoms with Crippen LogP contribution >= 0.6 is 15.9 Å². The summed E-state index contributed by atoms with van der Waals surface area (Å²) in [4.78, 5) is 14.3. The molecule has 1 saturated heterocycles. The highest BCUT2D eigenvalue weighted by molar-refractivity contribution is 9.10. The van der Waals surface area contributed by atoms with Gasteiger partial charge in [-0.1, -0.05) is 30.3 Å². The highest BCUT2D eigenvalue weighted by Gasteiger charge is 2.28. The summed E-state index contributed by atoms with van der Waals surface area (Å²) in [5.74, 6) is -0.136. The fourth-order valence-electron chi connectivity index (χ4n) is 2.77. The first-order chi connectivity index (χ1) is 10.1. The predicted octanol–water partition coefficient (Wildman–Crippen LogP) is 4.22. The molecule has 2 aromatic carbocycles. The Bertz CT molecular complexity index is 659. The molecule has 0 N–H and O–H groups in total. The fraction of sp³-hybridized carbons (Fsp3) is 0.235. The summed E-state index contributed by atoms with van der Waals surface area (Å²) in [5.41, 5.74) is 1.65. The number of hydrogen-bond acceptors (Lipinski definition) is 1. The Labute approximate surface area is 131 Å². The molecule has 1 heterocycles. The van der Waals surface area contributed by atoms with E-state index >= 15 is 0 Å². The minimum atomic E-state index is -0.389. The normalized spacial score (nSPS) is 18.0. The van der Waals surface area contributed by atoms with Gasteiger partial charge in [0, 0.05) is 23.5 Å². The lowest BCUT2D eigenvalue weighted by atomic mass is 9.99. The number of halogens is 2. The van der Waals surface area contributed by atoms with Crippen molar-refractivity contribution in [2.75, 3.05) is 13.1 Å². The van der Waals surface area contributed by atoms with Gasteiger partial charge in [0.1, 0.15) is 5.82 Å². The average Bonchev–Trinajstić information content (AvgIpc) is 3.00. The minimum absolute atomic E-state index is 0.111. The van der Waals surface area contributed by atoms with E-state index in [1.165, 1.54) is 17.7 Å². The molecule has 2 nitrogen and oxygen atoms in total. The van der Waals surface area contributed by atoms with Gasteiger partial charge in [0.2, 0.25) is 0 Å².